The van der Waals surface area contributed by atoms with Crippen LogP contribution in [0.5, 0.6) is 5.88 Å². The minimum atomic E-state index is -4.63. The van der Waals surface area contributed by atoms with Crippen LogP contribution >= 0.6 is 0 Å². The molecule has 0 unspecified atom stereocenters. The molecule has 0 aliphatic rings. The fraction of sp³-hybridized carbons (Fsp3) is 0.143. The summed E-state index contributed by atoms with van der Waals surface area (Å²) in [5, 5.41) is 6.40. The van der Waals surface area contributed by atoms with Crippen LogP contribution in [0.1, 0.15) is 21.5 Å². The highest BCUT2D eigenvalue weighted by Crippen LogP contribution is 2.30. The molecule has 0 fully saturated rings. The first-order valence-corrected chi connectivity index (χ1v) is 9.46. The number of hydrogen-bond acceptors (Lipinski definition) is 6. The summed E-state index contributed by atoms with van der Waals surface area (Å²) in [5.41, 5.74) is 5.96. The monoisotopic (exact) mass is 460 g/mol. The number of nitrogens with two attached hydrogens (primary N) is 1. The molecule has 33 heavy (non-hydrogen) atoms. The van der Waals surface area contributed by atoms with Crippen LogP contribution in [-0.4, -0.2) is 32.6 Å². The molecular formula is C21H16F4N6O2. The molecular weight excluding hydrogens is 444 g/mol. The fourth-order valence-electron chi connectivity index (χ4n) is 3.17. The van der Waals surface area contributed by atoms with Gasteiger partial charge in [0.15, 0.2) is 5.65 Å². The lowest BCUT2D eigenvalue weighted by molar-refractivity contribution is -0.137. The average molecular weight is 460 g/mol. The van der Waals surface area contributed by atoms with Gasteiger partial charge in [-0.2, -0.15) is 18.2 Å². The Labute approximate surface area is 184 Å². The van der Waals surface area contributed by atoms with E-state index in [0.717, 1.165) is 0 Å². The highest BCUT2D eigenvalue weighted by atomic mass is 19.4. The third kappa shape index (κ3) is 4.54. The summed E-state index contributed by atoms with van der Waals surface area (Å²) in [7, 11) is 1.32. The Morgan fingerprint density at radius 3 is 2.70 bits per heavy atom. The Kier molecular flexibility index (Phi) is 5.58. The number of ether oxygens (including phenoxy) is 1. The summed E-state index contributed by atoms with van der Waals surface area (Å²) in [6, 6.07) is 6.89. The summed E-state index contributed by atoms with van der Waals surface area (Å²) >= 11 is 0. The van der Waals surface area contributed by atoms with Crippen molar-refractivity contribution in [2.24, 2.45) is 0 Å². The second-order valence-electron chi connectivity index (χ2n) is 6.96. The van der Waals surface area contributed by atoms with Crippen LogP contribution in [0.4, 0.5) is 23.5 Å². The van der Waals surface area contributed by atoms with E-state index in [4.69, 9.17) is 10.5 Å². The number of benzene rings is 1. The van der Waals surface area contributed by atoms with E-state index < -0.39 is 30.0 Å². The highest BCUT2D eigenvalue weighted by molar-refractivity contribution is 5.97. The van der Waals surface area contributed by atoms with E-state index in [2.05, 4.69) is 20.4 Å². The third-order valence-corrected chi connectivity index (χ3v) is 4.79. The van der Waals surface area contributed by atoms with Crippen molar-refractivity contribution in [3.05, 3.63) is 71.3 Å². The molecule has 0 aliphatic carbocycles. The summed E-state index contributed by atoms with van der Waals surface area (Å²) < 4.78 is 59.4. The number of carbonyl (C=O) groups excluding carboxylic acids is 1. The third-order valence-electron chi connectivity index (χ3n) is 4.79. The van der Waals surface area contributed by atoms with Gasteiger partial charge in [0.05, 0.1) is 12.7 Å². The molecule has 0 atom stereocenters. The van der Waals surface area contributed by atoms with Gasteiger partial charge >= 0.3 is 6.18 Å². The Hall–Kier alpha value is -4.22. The van der Waals surface area contributed by atoms with E-state index in [1.54, 1.807) is 18.3 Å². The molecule has 0 bridgehead atoms. The smallest absolute Gasteiger partial charge is 0.416 e. The van der Waals surface area contributed by atoms with Crippen molar-refractivity contribution in [3.8, 4) is 17.0 Å². The van der Waals surface area contributed by atoms with E-state index in [-0.39, 0.29) is 23.0 Å². The van der Waals surface area contributed by atoms with E-state index in [1.807, 2.05) is 0 Å². The SMILES string of the molecule is COc1ncc(-c2ccn3nc(N)nc3c2)cc1C(=O)NCc1cc(C(F)(F)F)ccc1F. The zero-order chi connectivity index (χ0) is 23.8. The quantitative estimate of drug-likeness (QED) is 0.442. The maximum absolute atomic E-state index is 14.0. The molecule has 0 spiro atoms. The molecule has 0 saturated carbocycles. The number of carbonyl (C=O) groups is 1. The van der Waals surface area contributed by atoms with E-state index in [1.165, 1.54) is 23.9 Å². The number of alkyl halides is 3. The molecule has 3 aromatic heterocycles. The van der Waals surface area contributed by atoms with Gasteiger partial charge in [-0.05, 0) is 42.0 Å². The lowest BCUT2D eigenvalue weighted by Crippen LogP contribution is -2.24. The van der Waals surface area contributed by atoms with Crippen LogP contribution in [0.25, 0.3) is 16.8 Å². The van der Waals surface area contributed by atoms with Gasteiger partial charge in [0, 0.05) is 30.1 Å². The summed E-state index contributed by atoms with van der Waals surface area (Å²) in [6.45, 7) is -0.465. The predicted molar refractivity (Wildman–Crippen MR) is 110 cm³/mol. The van der Waals surface area contributed by atoms with E-state index >= 15 is 0 Å². The molecule has 3 heterocycles. The Bertz CT molecular complexity index is 1350. The van der Waals surface area contributed by atoms with Gasteiger partial charge in [0.25, 0.3) is 5.91 Å². The zero-order valence-electron chi connectivity index (χ0n) is 17.0. The minimum Gasteiger partial charge on any atom is -0.480 e. The molecule has 12 heteroatoms. The summed E-state index contributed by atoms with van der Waals surface area (Å²) in [5.74, 6) is -1.48. The highest BCUT2D eigenvalue weighted by Gasteiger charge is 2.31. The normalized spacial score (nSPS) is 11.5. The minimum absolute atomic E-state index is 0.00596. The number of rotatable bonds is 5. The van der Waals surface area contributed by atoms with Gasteiger partial charge < -0.3 is 15.8 Å². The molecule has 0 saturated heterocycles. The van der Waals surface area contributed by atoms with Crippen molar-refractivity contribution in [2.75, 3.05) is 12.8 Å². The summed E-state index contributed by atoms with van der Waals surface area (Å²) in [4.78, 5) is 21.0. The Balaban J connectivity index is 1.61. The van der Waals surface area contributed by atoms with Crippen molar-refractivity contribution in [3.63, 3.8) is 0 Å². The van der Waals surface area contributed by atoms with Gasteiger partial charge in [0.1, 0.15) is 11.4 Å². The largest absolute Gasteiger partial charge is 0.480 e. The van der Waals surface area contributed by atoms with Gasteiger partial charge in [-0.3, -0.25) is 4.79 Å². The van der Waals surface area contributed by atoms with Crippen LogP contribution < -0.4 is 15.8 Å². The van der Waals surface area contributed by atoms with Crippen molar-refractivity contribution in [1.82, 2.24) is 24.9 Å². The molecule has 1 aromatic carbocycles. The first-order valence-electron chi connectivity index (χ1n) is 9.46. The first kappa shape index (κ1) is 22.0. The zero-order valence-corrected chi connectivity index (χ0v) is 17.0. The standard InChI is InChI=1S/C21H16F4N6O2/c1-33-19-15(18(32)27-10-13-6-14(21(23,24)25)2-3-16(13)22)7-12(9-28-19)11-4-5-31-17(8-11)29-20(26)30-31/h2-9H,10H2,1H3,(H2,26,30)(H,27,32). The van der Waals surface area contributed by atoms with Crippen molar-refractivity contribution in [2.45, 2.75) is 12.7 Å². The number of nitrogens with one attached hydrogen (secondary N) is 1. The molecule has 1 amide bonds. The average Bonchev–Trinajstić information content (AvgIpc) is 3.16. The van der Waals surface area contributed by atoms with Crippen LogP contribution in [0, 0.1) is 5.82 Å². The van der Waals surface area contributed by atoms with Crippen molar-refractivity contribution in [1.29, 1.82) is 0 Å². The number of nitrogen functional groups attached to an aromatic ring is 1. The van der Waals surface area contributed by atoms with Gasteiger partial charge in [-0.1, -0.05) is 0 Å². The van der Waals surface area contributed by atoms with Crippen molar-refractivity contribution >= 4 is 17.5 Å². The van der Waals surface area contributed by atoms with Gasteiger partial charge in [-0.15, -0.1) is 5.10 Å². The number of pyridine rings is 2. The molecule has 3 N–H and O–H groups in total. The molecule has 4 rings (SSSR count). The second-order valence-corrected chi connectivity index (χ2v) is 6.96. The fourth-order valence-corrected chi connectivity index (χ4v) is 3.17. The van der Waals surface area contributed by atoms with E-state index in [0.29, 0.717) is 35.0 Å². The summed E-state index contributed by atoms with van der Waals surface area (Å²) in [6.07, 6.45) is -1.52. The number of methoxy groups -OCH3 is 1. The number of amides is 1. The number of fused-ring (bicyclic) bond motifs is 1. The molecule has 8 nitrogen and oxygen atoms in total. The van der Waals surface area contributed by atoms with E-state index in [9.17, 15) is 22.4 Å². The van der Waals surface area contributed by atoms with Crippen LogP contribution in [-0.2, 0) is 12.7 Å². The predicted octanol–water partition coefficient (Wildman–Crippen LogP) is 3.47. The Morgan fingerprint density at radius 2 is 1.97 bits per heavy atom. The number of halogens is 4. The van der Waals surface area contributed by atoms with Gasteiger partial charge in [-0.25, -0.2) is 13.9 Å². The Morgan fingerprint density at radius 1 is 1.18 bits per heavy atom. The van der Waals surface area contributed by atoms with Crippen LogP contribution in [0.15, 0.2) is 48.8 Å². The van der Waals surface area contributed by atoms with Crippen LogP contribution in [0.3, 0.4) is 0 Å². The topological polar surface area (TPSA) is 107 Å². The maximum atomic E-state index is 14.0. The molecule has 4 aromatic rings. The number of aromatic nitrogens is 4. The molecule has 170 valence electrons. The lowest BCUT2D eigenvalue weighted by Gasteiger charge is -2.12. The molecule has 0 aliphatic heterocycles. The van der Waals surface area contributed by atoms with Crippen LogP contribution in [0.2, 0.25) is 0 Å². The lowest BCUT2D eigenvalue weighted by atomic mass is 10.1. The number of nitrogens with zero attached hydrogens (tertiary/aromatic N) is 4. The maximum Gasteiger partial charge on any atom is 0.416 e. The number of anilines is 1. The van der Waals surface area contributed by atoms with Crippen molar-refractivity contribution < 1.29 is 27.1 Å². The second kappa shape index (κ2) is 8.37. The van der Waals surface area contributed by atoms with Gasteiger partial charge in [0.2, 0.25) is 11.8 Å². The number of hydrogen-bond donors (Lipinski definition) is 2. The first-order chi connectivity index (χ1) is 15.7. The molecule has 0 radical (unpaired) electrons.